The zero-order valence-corrected chi connectivity index (χ0v) is 12.8. The van der Waals surface area contributed by atoms with Crippen LogP contribution in [-0.2, 0) is 11.3 Å². The van der Waals surface area contributed by atoms with Gasteiger partial charge in [0.25, 0.3) is 0 Å². The molecule has 0 radical (unpaired) electrons. The molecule has 1 atom stereocenters. The third kappa shape index (κ3) is 6.40. The van der Waals surface area contributed by atoms with Crippen molar-refractivity contribution < 1.29 is 18.7 Å². The molecule has 0 aliphatic carbocycles. The van der Waals surface area contributed by atoms with Gasteiger partial charge in [-0.2, -0.15) is 0 Å². The summed E-state index contributed by atoms with van der Waals surface area (Å²) in [6.45, 7) is 7.43. The third-order valence-corrected chi connectivity index (χ3v) is 2.35. The Morgan fingerprint density at radius 3 is 2.76 bits per heavy atom. The maximum atomic E-state index is 13.0. The van der Waals surface area contributed by atoms with Crippen molar-refractivity contribution in [2.45, 2.75) is 45.9 Å². The molecule has 6 nitrogen and oxygen atoms in total. The molecule has 0 fully saturated rings. The van der Waals surface area contributed by atoms with Gasteiger partial charge in [-0.3, -0.25) is 0 Å². The van der Waals surface area contributed by atoms with Crippen molar-refractivity contribution in [3.8, 4) is 5.88 Å². The number of hydrogen-bond acceptors (Lipinski definition) is 5. The van der Waals surface area contributed by atoms with E-state index >= 15 is 0 Å². The van der Waals surface area contributed by atoms with Gasteiger partial charge in [-0.1, -0.05) is 0 Å². The van der Waals surface area contributed by atoms with Crippen LogP contribution in [0.3, 0.4) is 0 Å². The van der Waals surface area contributed by atoms with E-state index in [0.717, 1.165) is 6.20 Å². The van der Waals surface area contributed by atoms with Gasteiger partial charge in [0.05, 0.1) is 6.20 Å². The Hall–Kier alpha value is -1.89. The number of carbonyl (C=O) groups is 1. The van der Waals surface area contributed by atoms with Crippen molar-refractivity contribution in [2.75, 3.05) is 6.61 Å². The molecular formula is C14H22FN3O3. The molecular weight excluding hydrogens is 277 g/mol. The van der Waals surface area contributed by atoms with Crippen molar-refractivity contribution in [1.82, 2.24) is 10.3 Å². The summed E-state index contributed by atoms with van der Waals surface area (Å²) in [5, 5.41) is 2.67. The number of nitrogens with one attached hydrogen (secondary N) is 1. The van der Waals surface area contributed by atoms with E-state index in [1.54, 1.807) is 6.92 Å². The molecule has 118 valence electrons. The molecule has 0 aliphatic rings. The highest BCUT2D eigenvalue weighted by atomic mass is 19.1. The van der Waals surface area contributed by atoms with Gasteiger partial charge in [-0.25, -0.2) is 14.2 Å². The van der Waals surface area contributed by atoms with Crippen LogP contribution in [0.25, 0.3) is 0 Å². The zero-order valence-electron chi connectivity index (χ0n) is 12.8. The van der Waals surface area contributed by atoms with Gasteiger partial charge in [0.2, 0.25) is 5.88 Å². The largest absolute Gasteiger partial charge is 0.471 e. The molecule has 1 rings (SSSR count). The Morgan fingerprint density at radius 1 is 1.52 bits per heavy atom. The second-order valence-electron chi connectivity index (χ2n) is 5.72. The molecule has 1 aromatic heterocycles. The Balaban J connectivity index is 2.51. The lowest BCUT2D eigenvalue weighted by Gasteiger charge is -2.21. The first-order valence-electron chi connectivity index (χ1n) is 6.67. The topological polar surface area (TPSA) is 86.5 Å². The highest BCUT2D eigenvalue weighted by molar-refractivity contribution is 5.68. The molecule has 0 unspecified atom stereocenters. The van der Waals surface area contributed by atoms with Crippen LogP contribution in [0, 0.1) is 5.82 Å². The summed E-state index contributed by atoms with van der Waals surface area (Å²) in [5.41, 5.74) is 5.60. The first-order chi connectivity index (χ1) is 9.71. The molecule has 0 bridgehead atoms. The van der Waals surface area contributed by atoms with Gasteiger partial charge in [0.15, 0.2) is 0 Å². The van der Waals surface area contributed by atoms with Crippen LogP contribution in [0.1, 0.15) is 33.3 Å². The van der Waals surface area contributed by atoms with Crippen molar-refractivity contribution in [3.63, 3.8) is 0 Å². The fourth-order valence-corrected chi connectivity index (χ4v) is 1.48. The van der Waals surface area contributed by atoms with Crippen molar-refractivity contribution in [2.24, 2.45) is 5.73 Å². The number of rotatable bonds is 5. The number of halogens is 1. The molecule has 1 amide bonds. The van der Waals surface area contributed by atoms with Gasteiger partial charge < -0.3 is 20.5 Å². The Bertz CT molecular complexity index is 489. The minimum Gasteiger partial charge on any atom is -0.471 e. The number of pyridine rings is 1. The van der Waals surface area contributed by atoms with Crippen molar-refractivity contribution in [1.29, 1.82) is 0 Å². The van der Waals surface area contributed by atoms with Crippen LogP contribution in [0.2, 0.25) is 0 Å². The number of aromatic nitrogens is 1. The quantitative estimate of drug-likeness (QED) is 0.868. The van der Waals surface area contributed by atoms with Crippen LogP contribution in [0.4, 0.5) is 9.18 Å². The van der Waals surface area contributed by atoms with E-state index in [0.29, 0.717) is 5.56 Å². The zero-order chi connectivity index (χ0) is 16.0. The fourth-order valence-electron chi connectivity index (χ4n) is 1.48. The molecule has 1 aromatic rings. The number of alkyl carbamates (subject to hydrolysis) is 1. The van der Waals surface area contributed by atoms with E-state index in [1.807, 2.05) is 20.8 Å². The molecule has 0 saturated heterocycles. The SMILES string of the molecule is C[C@@H](COC(=O)NC(C)(C)C)Oc1ncc(F)cc1CN. The molecule has 7 heteroatoms. The summed E-state index contributed by atoms with van der Waals surface area (Å²) in [6.07, 6.45) is 0.0945. The molecule has 21 heavy (non-hydrogen) atoms. The first-order valence-corrected chi connectivity index (χ1v) is 6.67. The van der Waals surface area contributed by atoms with Gasteiger partial charge in [-0.15, -0.1) is 0 Å². The molecule has 1 heterocycles. The Morgan fingerprint density at radius 2 is 2.19 bits per heavy atom. The van der Waals surface area contributed by atoms with E-state index in [9.17, 15) is 9.18 Å². The lowest BCUT2D eigenvalue weighted by molar-refractivity contribution is 0.0830. The van der Waals surface area contributed by atoms with Crippen molar-refractivity contribution in [3.05, 3.63) is 23.6 Å². The first kappa shape index (κ1) is 17.2. The van der Waals surface area contributed by atoms with E-state index in [4.69, 9.17) is 15.2 Å². The van der Waals surface area contributed by atoms with E-state index in [-0.39, 0.29) is 24.6 Å². The molecule has 0 aliphatic heterocycles. The number of nitrogens with two attached hydrogens (primary N) is 1. The predicted molar refractivity (Wildman–Crippen MR) is 76.4 cm³/mol. The van der Waals surface area contributed by atoms with Crippen LogP contribution in [0.15, 0.2) is 12.3 Å². The molecule has 0 spiro atoms. The highest BCUT2D eigenvalue weighted by Crippen LogP contribution is 2.17. The number of ether oxygens (including phenoxy) is 2. The minimum absolute atomic E-state index is 0.0466. The van der Waals surface area contributed by atoms with Gasteiger partial charge >= 0.3 is 6.09 Å². The lowest BCUT2D eigenvalue weighted by Crippen LogP contribution is -2.41. The number of nitrogens with zero attached hydrogens (tertiary/aromatic N) is 1. The van der Waals surface area contributed by atoms with Crippen LogP contribution in [0.5, 0.6) is 5.88 Å². The molecule has 3 N–H and O–H groups in total. The Kier molecular flexibility index (Phi) is 5.90. The summed E-state index contributed by atoms with van der Waals surface area (Å²) in [5.74, 6) is -0.234. The molecule has 0 saturated carbocycles. The van der Waals surface area contributed by atoms with Crippen molar-refractivity contribution >= 4 is 6.09 Å². The van der Waals surface area contributed by atoms with Crippen LogP contribution >= 0.6 is 0 Å². The number of hydrogen-bond donors (Lipinski definition) is 2. The van der Waals surface area contributed by atoms with E-state index in [1.165, 1.54) is 6.07 Å². The summed E-state index contributed by atoms with van der Waals surface area (Å²) < 4.78 is 23.6. The molecule has 0 aromatic carbocycles. The minimum atomic E-state index is -0.524. The summed E-state index contributed by atoms with van der Waals surface area (Å²) in [6, 6.07) is 1.27. The fraction of sp³-hybridized carbons (Fsp3) is 0.571. The van der Waals surface area contributed by atoms with E-state index in [2.05, 4.69) is 10.3 Å². The maximum absolute atomic E-state index is 13.0. The Labute approximate surface area is 123 Å². The number of carbonyl (C=O) groups excluding carboxylic acids is 1. The third-order valence-electron chi connectivity index (χ3n) is 2.35. The maximum Gasteiger partial charge on any atom is 0.407 e. The van der Waals surface area contributed by atoms with Gasteiger partial charge in [-0.05, 0) is 33.8 Å². The smallest absolute Gasteiger partial charge is 0.407 e. The summed E-state index contributed by atoms with van der Waals surface area (Å²) in [4.78, 5) is 15.4. The average molecular weight is 299 g/mol. The lowest BCUT2D eigenvalue weighted by atomic mass is 10.1. The monoisotopic (exact) mass is 299 g/mol. The summed E-state index contributed by atoms with van der Waals surface area (Å²) >= 11 is 0. The normalized spacial score (nSPS) is 12.7. The number of amides is 1. The van der Waals surface area contributed by atoms with Crippen LogP contribution < -0.4 is 15.8 Å². The average Bonchev–Trinajstić information content (AvgIpc) is 2.36. The van der Waals surface area contributed by atoms with E-state index < -0.39 is 18.0 Å². The second kappa shape index (κ2) is 7.21. The summed E-state index contributed by atoms with van der Waals surface area (Å²) in [7, 11) is 0. The standard InChI is InChI=1S/C14H22FN3O3/c1-9(8-20-13(19)18-14(2,3)4)21-12-10(6-16)5-11(15)7-17-12/h5,7,9H,6,8,16H2,1-4H3,(H,18,19)/t9-/m0/s1. The highest BCUT2D eigenvalue weighted by Gasteiger charge is 2.16. The second-order valence-corrected chi connectivity index (χ2v) is 5.72. The van der Waals surface area contributed by atoms with Crippen LogP contribution in [-0.4, -0.2) is 29.3 Å². The predicted octanol–water partition coefficient (Wildman–Crippen LogP) is 1.97. The van der Waals surface area contributed by atoms with Gasteiger partial charge in [0.1, 0.15) is 18.5 Å². The van der Waals surface area contributed by atoms with Gasteiger partial charge in [0, 0.05) is 17.6 Å².